The number of ether oxygens (including phenoxy) is 1. The first kappa shape index (κ1) is 14.7. The summed E-state index contributed by atoms with van der Waals surface area (Å²) >= 11 is 0. The van der Waals surface area contributed by atoms with E-state index in [2.05, 4.69) is 0 Å². The molecule has 0 unspecified atom stereocenters. The largest absolute Gasteiger partial charge is 0.459 e. The summed E-state index contributed by atoms with van der Waals surface area (Å²) < 4.78 is 4.91. The molecular weight excluding hydrogens is 264 g/mol. The lowest BCUT2D eigenvalue weighted by Crippen LogP contribution is -2.61. The summed E-state index contributed by atoms with van der Waals surface area (Å²) in [5.41, 5.74) is -1.86. The van der Waals surface area contributed by atoms with E-state index in [0.717, 1.165) is 6.08 Å². The van der Waals surface area contributed by atoms with Crippen molar-refractivity contribution in [1.82, 2.24) is 0 Å². The van der Waals surface area contributed by atoms with Gasteiger partial charge in [-0.1, -0.05) is 30.4 Å². The monoisotopic (exact) mass is 280 g/mol. The highest BCUT2D eigenvalue weighted by atomic mass is 16.5. The number of hydrogen-bond donors (Lipinski definition) is 4. The minimum atomic E-state index is -2.14. The maximum absolute atomic E-state index is 11.7. The highest BCUT2D eigenvalue weighted by Gasteiger charge is 2.48. The average Bonchev–Trinajstić information content (AvgIpc) is 2.48. The van der Waals surface area contributed by atoms with Gasteiger partial charge in [-0.15, -0.1) is 0 Å². The molecule has 0 heterocycles. The molecule has 0 amide bonds. The van der Waals surface area contributed by atoms with Crippen LogP contribution in [-0.2, 0) is 4.74 Å². The van der Waals surface area contributed by atoms with E-state index in [1.807, 2.05) is 0 Å². The first-order valence-corrected chi connectivity index (χ1v) is 6.12. The molecule has 0 saturated carbocycles. The summed E-state index contributed by atoms with van der Waals surface area (Å²) in [7, 11) is 0. The smallest absolute Gasteiger partial charge is 0.338 e. The molecule has 1 aromatic rings. The van der Waals surface area contributed by atoms with Crippen molar-refractivity contribution in [1.29, 1.82) is 0 Å². The lowest BCUT2D eigenvalue weighted by Gasteiger charge is -2.39. The van der Waals surface area contributed by atoms with Crippen molar-refractivity contribution < 1.29 is 30.0 Å². The van der Waals surface area contributed by atoms with Gasteiger partial charge in [0.05, 0.1) is 5.56 Å². The minimum absolute atomic E-state index is 0.284. The number of aliphatic hydroxyl groups excluding tert-OH is 3. The molecule has 4 N–H and O–H groups in total. The van der Waals surface area contributed by atoms with Crippen molar-refractivity contribution in [2.75, 3.05) is 6.61 Å². The van der Waals surface area contributed by atoms with Crippen LogP contribution in [0.2, 0.25) is 0 Å². The fraction of sp³-hybridized carbons (Fsp3) is 0.357. The topological polar surface area (TPSA) is 107 Å². The molecule has 108 valence electrons. The molecule has 1 aliphatic carbocycles. The zero-order valence-electron chi connectivity index (χ0n) is 10.6. The number of esters is 1. The molecule has 2 rings (SSSR count). The third-order valence-corrected chi connectivity index (χ3v) is 3.28. The van der Waals surface area contributed by atoms with Gasteiger partial charge in [-0.05, 0) is 12.1 Å². The summed E-state index contributed by atoms with van der Waals surface area (Å²) in [4.78, 5) is 11.7. The molecule has 0 fully saturated rings. The van der Waals surface area contributed by atoms with E-state index in [1.54, 1.807) is 18.2 Å². The summed E-state index contributed by atoms with van der Waals surface area (Å²) in [5, 5.41) is 39.1. The quantitative estimate of drug-likeness (QED) is 0.428. The van der Waals surface area contributed by atoms with Gasteiger partial charge < -0.3 is 25.2 Å². The van der Waals surface area contributed by atoms with Gasteiger partial charge in [0.1, 0.15) is 24.9 Å². The SMILES string of the molecule is O=C(OC[C@]1(O)[C@@H](O)C=C[C@@H](O)[C@@H]1O)c1ccccc1. The van der Waals surface area contributed by atoms with E-state index >= 15 is 0 Å². The molecule has 1 aromatic carbocycles. The molecule has 6 heteroatoms. The summed E-state index contributed by atoms with van der Waals surface area (Å²) in [6.07, 6.45) is -2.11. The van der Waals surface area contributed by atoms with E-state index in [-0.39, 0.29) is 5.56 Å². The number of benzene rings is 1. The summed E-state index contributed by atoms with van der Waals surface area (Å²) in [5.74, 6) is -0.692. The van der Waals surface area contributed by atoms with Crippen LogP contribution in [0.4, 0.5) is 0 Å². The molecule has 4 atom stereocenters. The molecule has 1 aliphatic rings. The van der Waals surface area contributed by atoms with Gasteiger partial charge in [0.2, 0.25) is 0 Å². The maximum Gasteiger partial charge on any atom is 0.338 e. The Morgan fingerprint density at radius 3 is 2.45 bits per heavy atom. The van der Waals surface area contributed by atoms with Crippen molar-refractivity contribution >= 4 is 5.97 Å². The Labute approximate surface area is 115 Å². The van der Waals surface area contributed by atoms with Crippen molar-refractivity contribution in [3.8, 4) is 0 Å². The Morgan fingerprint density at radius 2 is 1.80 bits per heavy atom. The van der Waals surface area contributed by atoms with Crippen LogP contribution in [0.3, 0.4) is 0 Å². The van der Waals surface area contributed by atoms with Crippen LogP contribution >= 0.6 is 0 Å². The third kappa shape index (κ3) is 2.73. The maximum atomic E-state index is 11.7. The Kier molecular flexibility index (Phi) is 4.20. The Bertz CT molecular complexity index is 500. The van der Waals surface area contributed by atoms with Gasteiger partial charge >= 0.3 is 5.97 Å². The second-order valence-corrected chi connectivity index (χ2v) is 4.70. The van der Waals surface area contributed by atoms with Gasteiger partial charge in [0.15, 0.2) is 5.60 Å². The molecule has 0 aliphatic heterocycles. The second kappa shape index (κ2) is 5.72. The molecule has 0 bridgehead atoms. The van der Waals surface area contributed by atoms with Crippen molar-refractivity contribution in [2.24, 2.45) is 0 Å². The van der Waals surface area contributed by atoms with E-state index < -0.39 is 36.5 Å². The average molecular weight is 280 g/mol. The standard InChI is InChI=1S/C14H16O6/c15-10-6-7-11(16)14(19,12(10)17)8-20-13(18)9-4-2-1-3-5-9/h1-7,10-12,15-17,19H,8H2/t10-,11+,12+,14+/m1/s1. The van der Waals surface area contributed by atoms with Crippen LogP contribution in [0.5, 0.6) is 0 Å². The van der Waals surface area contributed by atoms with Crippen molar-refractivity contribution in [2.45, 2.75) is 23.9 Å². The van der Waals surface area contributed by atoms with E-state index in [0.29, 0.717) is 0 Å². The summed E-state index contributed by atoms with van der Waals surface area (Å²) in [6.45, 7) is -0.634. The number of rotatable bonds is 3. The van der Waals surface area contributed by atoms with Gasteiger partial charge in [-0.25, -0.2) is 4.79 Å². The fourth-order valence-electron chi connectivity index (χ4n) is 1.97. The fourth-order valence-corrected chi connectivity index (χ4v) is 1.97. The first-order chi connectivity index (χ1) is 9.45. The molecule has 20 heavy (non-hydrogen) atoms. The molecule has 0 spiro atoms. The highest BCUT2D eigenvalue weighted by molar-refractivity contribution is 5.89. The Hall–Kier alpha value is -1.73. The van der Waals surface area contributed by atoms with Gasteiger partial charge in [0.25, 0.3) is 0 Å². The van der Waals surface area contributed by atoms with Crippen LogP contribution in [-0.4, -0.2) is 56.9 Å². The number of carbonyl (C=O) groups is 1. The number of carbonyl (C=O) groups excluding carboxylic acids is 1. The van der Waals surface area contributed by atoms with E-state index in [4.69, 9.17) is 4.74 Å². The lowest BCUT2D eigenvalue weighted by molar-refractivity contribution is -0.182. The van der Waals surface area contributed by atoms with Crippen LogP contribution in [0, 0.1) is 0 Å². The van der Waals surface area contributed by atoms with Crippen LogP contribution in [0.1, 0.15) is 10.4 Å². The normalized spacial score (nSPS) is 32.9. The molecule has 6 nitrogen and oxygen atoms in total. The van der Waals surface area contributed by atoms with Crippen molar-refractivity contribution in [3.63, 3.8) is 0 Å². The Morgan fingerprint density at radius 1 is 1.15 bits per heavy atom. The van der Waals surface area contributed by atoms with Gasteiger partial charge in [-0.2, -0.15) is 0 Å². The molecule has 0 radical (unpaired) electrons. The zero-order chi connectivity index (χ0) is 14.8. The minimum Gasteiger partial charge on any atom is -0.459 e. The highest BCUT2D eigenvalue weighted by Crippen LogP contribution is 2.25. The van der Waals surface area contributed by atoms with E-state index in [9.17, 15) is 25.2 Å². The van der Waals surface area contributed by atoms with Gasteiger partial charge in [-0.3, -0.25) is 0 Å². The molecule has 0 aromatic heterocycles. The van der Waals surface area contributed by atoms with Crippen LogP contribution in [0.15, 0.2) is 42.5 Å². The Balaban J connectivity index is 2.06. The van der Waals surface area contributed by atoms with E-state index in [1.165, 1.54) is 18.2 Å². The zero-order valence-corrected chi connectivity index (χ0v) is 10.6. The molecule has 0 saturated heterocycles. The number of aliphatic hydroxyl groups is 4. The van der Waals surface area contributed by atoms with Crippen molar-refractivity contribution in [3.05, 3.63) is 48.0 Å². The summed E-state index contributed by atoms with van der Waals surface area (Å²) in [6, 6.07) is 8.12. The second-order valence-electron chi connectivity index (χ2n) is 4.70. The predicted octanol–water partition coefficient (Wildman–Crippen LogP) is -0.773. The molecular formula is C14H16O6. The number of hydrogen-bond acceptors (Lipinski definition) is 6. The van der Waals surface area contributed by atoms with Gasteiger partial charge in [0, 0.05) is 0 Å². The third-order valence-electron chi connectivity index (χ3n) is 3.28. The lowest BCUT2D eigenvalue weighted by atomic mass is 9.83. The first-order valence-electron chi connectivity index (χ1n) is 6.12. The predicted molar refractivity (Wildman–Crippen MR) is 68.8 cm³/mol. The van der Waals surface area contributed by atoms with Crippen LogP contribution in [0.25, 0.3) is 0 Å². The van der Waals surface area contributed by atoms with Crippen LogP contribution < -0.4 is 0 Å².